The quantitative estimate of drug-likeness (QED) is 0.578. The van der Waals surface area contributed by atoms with Crippen LogP contribution in [-0.4, -0.2) is 75.2 Å². The van der Waals surface area contributed by atoms with Gasteiger partial charge in [-0.05, 0) is 56.1 Å². The number of fused-ring (bicyclic) bond motifs is 3. The maximum absolute atomic E-state index is 13.3. The molecule has 2 saturated heterocycles. The second-order valence-corrected chi connectivity index (χ2v) is 10.5. The molecule has 3 aliphatic heterocycles. The SMILES string of the molecule is CN1C2CCCC1CN(C(=O)c1cc3n(n1)CCCN(C(=O)OCc1cc(Cl)cc(C(F)(F)F)c1)C3)C2. The van der Waals surface area contributed by atoms with Crippen molar-refractivity contribution in [3.05, 3.63) is 51.8 Å². The first-order valence-electron chi connectivity index (χ1n) is 12.4. The molecule has 0 N–H and O–H groups in total. The van der Waals surface area contributed by atoms with Crippen LogP contribution in [0.4, 0.5) is 18.0 Å². The monoisotopic (exact) mass is 539 g/mol. The molecule has 2 bridgehead atoms. The lowest BCUT2D eigenvalue weighted by molar-refractivity contribution is -0.137. The van der Waals surface area contributed by atoms with Gasteiger partial charge in [-0.15, -0.1) is 0 Å². The Morgan fingerprint density at radius 2 is 1.78 bits per heavy atom. The zero-order valence-corrected chi connectivity index (χ0v) is 21.3. The number of nitrogens with zero attached hydrogens (tertiary/aromatic N) is 5. The summed E-state index contributed by atoms with van der Waals surface area (Å²) in [5.74, 6) is -0.0962. The van der Waals surface area contributed by atoms with E-state index in [4.69, 9.17) is 16.3 Å². The summed E-state index contributed by atoms with van der Waals surface area (Å²) in [6, 6.07) is 5.56. The molecule has 0 aliphatic carbocycles. The summed E-state index contributed by atoms with van der Waals surface area (Å²) < 4.78 is 46.3. The number of hydrogen-bond acceptors (Lipinski definition) is 5. The van der Waals surface area contributed by atoms with Crippen molar-refractivity contribution >= 4 is 23.6 Å². The third-order valence-corrected chi connectivity index (χ3v) is 7.73. The van der Waals surface area contributed by atoms with Crippen molar-refractivity contribution in [2.24, 2.45) is 0 Å². The molecule has 2 atom stereocenters. The van der Waals surface area contributed by atoms with E-state index in [1.165, 1.54) is 17.4 Å². The maximum atomic E-state index is 13.3. The number of likely N-dealkylation sites (tertiary alicyclic amines) is 1. The van der Waals surface area contributed by atoms with Gasteiger partial charge in [0.05, 0.1) is 17.8 Å². The number of aryl methyl sites for hydroxylation is 1. The normalized spacial score (nSPS) is 22.4. The number of carbonyl (C=O) groups excluding carboxylic acids is 2. The van der Waals surface area contributed by atoms with E-state index in [0.29, 0.717) is 56.1 Å². The molecule has 2 amide bonds. The zero-order chi connectivity index (χ0) is 26.3. The van der Waals surface area contributed by atoms with Crippen molar-refractivity contribution in [3.8, 4) is 0 Å². The number of carbonyl (C=O) groups is 2. The van der Waals surface area contributed by atoms with Crippen molar-refractivity contribution in [2.45, 2.75) is 63.6 Å². The minimum atomic E-state index is -4.55. The van der Waals surface area contributed by atoms with E-state index in [1.807, 2.05) is 4.90 Å². The number of piperazine rings is 1. The van der Waals surface area contributed by atoms with E-state index >= 15 is 0 Å². The molecule has 5 rings (SSSR count). The van der Waals surface area contributed by atoms with E-state index < -0.39 is 17.8 Å². The number of amides is 2. The molecule has 8 nitrogen and oxygen atoms in total. The smallest absolute Gasteiger partial charge is 0.416 e. The van der Waals surface area contributed by atoms with Gasteiger partial charge in [-0.3, -0.25) is 14.4 Å². The summed E-state index contributed by atoms with van der Waals surface area (Å²) in [6.45, 7) is 2.17. The molecule has 2 aromatic rings. The Bertz CT molecular complexity index is 1170. The Labute approximate surface area is 217 Å². The van der Waals surface area contributed by atoms with Crippen molar-refractivity contribution in [1.29, 1.82) is 0 Å². The summed E-state index contributed by atoms with van der Waals surface area (Å²) in [5.41, 5.74) is 0.337. The number of benzene rings is 1. The fraction of sp³-hybridized carbons (Fsp3) is 0.560. The number of alkyl halides is 3. The summed E-state index contributed by atoms with van der Waals surface area (Å²) in [7, 11) is 2.13. The van der Waals surface area contributed by atoms with Gasteiger partial charge in [-0.1, -0.05) is 18.0 Å². The van der Waals surface area contributed by atoms with Gasteiger partial charge < -0.3 is 14.5 Å². The molecule has 0 spiro atoms. The average molecular weight is 540 g/mol. The van der Waals surface area contributed by atoms with Gasteiger partial charge in [-0.2, -0.15) is 18.3 Å². The second-order valence-electron chi connectivity index (χ2n) is 10.0. The van der Waals surface area contributed by atoms with Gasteiger partial charge >= 0.3 is 12.3 Å². The van der Waals surface area contributed by atoms with Crippen LogP contribution >= 0.6 is 11.6 Å². The Balaban J connectivity index is 1.23. The van der Waals surface area contributed by atoms with Crippen molar-refractivity contribution < 1.29 is 27.5 Å². The Hall–Kier alpha value is -2.79. The van der Waals surface area contributed by atoms with E-state index in [9.17, 15) is 22.8 Å². The first-order chi connectivity index (χ1) is 17.6. The molecular weight excluding hydrogens is 511 g/mol. The maximum Gasteiger partial charge on any atom is 0.416 e. The lowest BCUT2D eigenvalue weighted by atomic mass is 9.92. The largest absolute Gasteiger partial charge is 0.445 e. The van der Waals surface area contributed by atoms with Crippen LogP contribution in [0.25, 0.3) is 0 Å². The molecular formula is C25H29ClF3N5O3. The van der Waals surface area contributed by atoms with E-state index in [0.717, 1.165) is 25.0 Å². The summed E-state index contributed by atoms with van der Waals surface area (Å²) in [4.78, 5) is 31.8. The first kappa shape index (κ1) is 25.8. The van der Waals surface area contributed by atoms with Crippen LogP contribution in [0.3, 0.4) is 0 Å². The van der Waals surface area contributed by atoms with Crippen LogP contribution in [0.15, 0.2) is 24.3 Å². The highest BCUT2D eigenvalue weighted by Crippen LogP contribution is 2.32. The Kier molecular flexibility index (Phi) is 7.10. The number of hydrogen-bond donors (Lipinski definition) is 0. The van der Waals surface area contributed by atoms with E-state index in [-0.39, 0.29) is 29.6 Å². The molecule has 1 aromatic carbocycles. The molecule has 0 radical (unpaired) electrons. The standard InChI is InChI=1S/C25H29ClF3N5O3/c1-31-19-4-2-5-20(31)13-33(12-19)23(35)22-11-21-14-32(6-3-7-34(21)30-22)24(36)37-15-16-8-17(25(27,28)29)10-18(26)9-16/h8-11,19-20H,2-7,12-15H2,1H3. The van der Waals surface area contributed by atoms with Crippen LogP contribution in [0, 0.1) is 0 Å². The van der Waals surface area contributed by atoms with Crippen molar-refractivity contribution in [3.63, 3.8) is 0 Å². The Morgan fingerprint density at radius 1 is 1.05 bits per heavy atom. The third kappa shape index (κ3) is 5.57. The molecule has 3 aliphatic rings. The van der Waals surface area contributed by atoms with Crippen LogP contribution in [0.1, 0.15) is 53.0 Å². The Morgan fingerprint density at radius 3 is 2.49 bits per heavy atom. The van der Waals surface area contributed by atoms with Crippen LogP contribution in [0.5, 0.6) is 0 Å². The molecule has 2 fully saturated rings. The fourth-order valence-corrected chi connectivity index (χ4v) is 5.76. The van der Waals surface area contributed by atoms with Gasteiger partial charge in [0.2, 0.25) is 0 Å². The average Bonchev–Trinajstić information content (AvgIpc) is 3.12. The first-order valence-corrected chi connectivity index (χ1v) is 12.8. The minimum absolute atomic E-state index is 0.0827. The summed E-state index contributed by atoms with van der Waals surface area (Å²) in [5, 5.41) is 4.46. The lowest BCUT2D eigenvalue weighted by Crippen LogP contribution is -2.60. The number of piperidine rings is 1. The van der Waals surface area contributed by atoms with Crippen LogP contribution in [-0.2, 0) is 30.6 Å². The molecule has 12 heteroatoms. The summed E-state index contributed by atoms with van der Waals surface area (Å²) in [6.07, 6.45) is -1.24. The van der Waals surface area contributed by atoms with E-state index in [2.05, 4.69) is 17.0 Å². The summed E-state index contributed by atoms with van der Waals surface area (Å²) >= 11 is 5.82. The highest BCUT2D eigenvalue weighted by atomic mass is 35.5. The number of likely N-dealkylation sites (N-methyl/N-ethyl adjacent to an activating group) is 1. The topological polar surface area (TPSA) is 70.9 Å². The minimum Gasteiger partial charge on any atom is -0.445 e. The number of rotatable bonds is 3. The van der Waals surface area contributed by atoms with Gasteiger partial charge in [0.15, 0.2) is 5.69 Å². The van der Waals surface area contributed by atoms with Crippen LogP contribution < -0.4 is 0 Å². The van der Waals surface area contributed by atoms with Gasteiger partial charge in [-0.25, -0.2) is 4.79 Å². The molecule has 0 saturated carbocycles. The lowest BCUT2D eigenvalue weighted by Gasteiger charge is -2.48. The predicted molar refractivity (Wildman–Crippen MR) is 129 cm³/mol. The molecule has 1 aromatic heterocycles. The van der Waals surface area contributed by atoms with Gasteiger partial charge in [0.1, 0.15) is 6.61 Å². The predicted octanol–water partition coefficient (Wildman–Crippen LogP) is 4.41. The third-order valence-electron chi connectivity index (χ3n) is 7.51. The number of aromatic nitrogens is 2. The van der Waals surface area contributed by atoms with E-state index in [1.54, 1.807) is 10.7 Å². The molecule has 4 heterocycles. The van der Waals surface area contributed by atoms with Crippen LogP contribution in [0.2, 0.25) is 5.02 Å². The fourth-order valence-electron chi connectivity index (χ4n) is 5.50. The number of ether oxygens (including phenoxy) is 1. The highest BCUT2D eigenvalue weighted by molar-refractivity contribution is 6.30. The molecule has 2 unspecified atom stereocenters. The van der Waals surface area contributed by atoms with Gasteiger partial charge in [0.25, 0.3) is 5.91 Å². The second kappa shape index (κ2) is 10.2. The highest BCUT2D eigenvalue weighted by Gasteiger charge is 2.38. The number of halogens is 4. The van der Waals surface area contributed by atoms with Crippen molar-refractivity contribution in [1.82, 2.24) is 24.5 Å². The molecule has 37 heavy (non-hydrogen) atoms. The molecule has 200 valence electrons. The van der Waals surface area contributed by atoms with Gasteiger partial charge in [0, 0.05) is 43.3 Å². The van der Waals surface area contributed by atoms with Crippen molar-refractivity contribution in [2.75, 3.05) is 26.7 Å². The zero-order valence-electron chi connectivity index (χ0n) is 20.5.